The molecule has 1 aromatic rings. The Balaban J connectivity index is 2.49. The molecule has 1 rings (SSSR count). The van der Waals surface area contributed by atoms with Gasteiger partial charge < -0.3 is 16.2 Å². The van der Waals surface area contributed by atoms with E-state index in [1.165, 1.54) is 0 Å². The maximum Gasteiger partial charge on any atom is 0.303 e. The van der Waals surface area contributed by atoms with E-state index in [0.29, 0.717) is 24.1 Å². The molecular weight excluding hydrogens is 244 g/mol. The normalized spacial score (nSPS) is 11.9. The van der Waals surface area contributed by atoms with Gasteiger partial charge in [-0.05, 0) is 50.5 Å². The van der Waals surface area contributed by atoms with Gasteiger partial charge in [-0.1, -0.05) is 0 Å². The zero-order chi connectivity index (χ0) is 14.4. The van der Waals surface area contributed by atoms with Crippen molar-refractivity contribution >= 4 is 17.6 Å². The fraction of sp³-hybridized carbons (Fsp3) is 0.429. The largest absolute Gasteiger partial charge is 0.481 e. The van der Waals surface area contributed by atoms with E-state index in [1.54, 1.807) is 18.2 Å². The van der Waals surface area contributed by atoms with Crippen LogP contribution < -0.4 is 11.1 Å². The summed E-state index contributed by atoms with van der Waals surface area (Å²) in [6, 6.07) is 5.08. The summed E-state index contributed by atoms with van der Waals surface area (Å²) in [5.74, 6) is -0.974. The van der Waals surface area contributed by atoms with E-state index in [-0.39, 0.29) is 18.4 Å². The molecule has 19 heavy (non-hydrogen) atoms. The van der Waals surface area contributed by atoms with E-state index in [4.69, 9.17) is 10.8 Å². The van der Waals surface area contributed by atoms with Crippen LogP contribution in [-0.2, 0) is 4.79 Å². The molecule has 1 unspecified atom stereocenters. The minimum Gasteiger partial charge on any atom is -0.481 e. The van der Waals surface area contributed by atoms with Crippen molar-refractivity contribution in [1.82, 2.24) is 5.32 Å². The summed E-state index contributed by atoms with van der Waals surface area (Å²) in [7, 11) is 0. The molecule has 0 saturated heterocycles. The van der Waals surface area contributed by atoms with E-state index in [2.05, 4.69) is 5.32 Å². The lowest BCUT2D eigenvalue weighted by molar-refractivity contribution is -0.137. The summed E-state index contributed by atoms with van der Waals surface area (Å²) in [6.07, 6.45) is 1.32. The molecule has 5 nitrogen and oxygen atoms in total. The van der Waals surface area contributed by atoms with Crippen LogP contribution in [0.25, 0.3) is 0 Å². The predicted octanol–water partition coefficient (Wildman–Crippen LogP) is 1.95. The van der Waals surface area contributed by atoms with Crippen LogP contribution in [0, 0.1) is 6.92 Å². The number of rotatable bonds is 6. The van der Waals surface area contributed by atoms with Crippen molar-refractivity contribution in [2.75, 3.05) is 5.73 Å². The third-order valence-corrected chi connectivity index (χ3v) is 2.94. The smallest absolute Gasteiger partial charge is 0.303 e. The number of aryl methyl sites for hydroxylation is 1. The standard InChI is InChI=1S/C14H20N2O3/c1-9-8-11(6-7-12(9)15)14(19)16-10(2)4-3-5-13(17)18/h6-8,10H,3-5,15H2,1-2H3,(H,16,19)(H,17,18). The monoisotopic (exact) mass is 264 g/mol. The van der Waals surface area contributed by atoms with Gasteiger partial charge in [0.2, 0.25) is 0 Å². The molecule has 0 aromatic heterocycles. The SMILES string of the molecule is Cc1cc(C(=O)NC(C)CCCC(=O)O)ccc1N. The fourth-order valence-corrected chi connectivity index (χ4v) is 1.76. The van der Waals surface area contributed by atoms with Gasteiger partial charge in [-0.25, -0.2) is 0 Å². The number of hydrogen-bond acceptors (Lipinski definition) is 3. The zero-order valence-electron chi connectivity index (χ0n) is 11.3. The molecule has 1 aromatic carbocycles. The summed E-state index contributed by atoms with van der Waals surface area (Å²) in [5, 5.41) is 11.4. The Morgan fingerprint density at radius 1 is 1.42 bits per heavy atom. The highest BCUT2D eigenvalue weighted by Crippen LogP contribution is 2.13. The van der Waals surface area contributed by atoms with Crippen molar-refractivity contribution in [3.63, 3.8) is 0 Å². The topological polar surface area (TPSA) is 92.4 Å². The second kappa shape index (κ2) is 6.78. The summed E-state index contributed by atoms with van der Waals surface area (Å²) in [5.41, 5.74) is 7.79. The number of hydrogen-bond donors (Lipinski definition) is 3. The molecule has 0 saturated carbocycles. The van der Waals surface area contributed by atoms with Crippen molar-refractivity contribution in [3.8, 4) is 0 Å². The maximum absolute atomic E-state index is 11.9. The molecule has 0 fully saturated rings. The number of benzene rings is 1. The van der Waals surface area contributed by atoms with Gasteiger partial charge in [0.1, 0.15) is 0 Å². The first kappa shape index (κ1) is 15.0. The number of carboxylic acids is 1. The van der Waals surface area contributed by atoms with Crippen LogP contribution in [0.4, 0.5) is 5.69 Å². The van der Waals surface area contributed by atoms with Gasteiger partial charge in [-0.15, -0.1) is 0 Å². The van der Waals surface area contributed by atoms with Crippen LogP contribution in [0.2, 0.25) is 0 Å². The first-order chi connectivity index (χ1) is 8.90. The number of amides is 1. The third kappa shape index (κ3) is 4.99. The minimum atomic E-state index is -0.812. The van der Waals surface area contributed by atoms with Crippen molar-refractivity contribution in [1.29, 1.82) is 0 Å². The number of aliphatic carboxylic acids is 1. The highest BCUT2D eigenvalue weighted by atomic mass is 16.4. The van der Waals surface area contributed by atoms with Crippen LogP contribution >= 0.6 is 0 Å². The number of carbonyl (C=O) groups excluding carboxylic acids is 1. The first-order valence-corrected chi connectivity index (χ1v) is 6.29. The van der Waals surface area contributed by atoms with Gasteiger partial charge in [-0.3, -0.25) is 9.59 Å². The third-order valence-electron chi connectivity index (χ3n) is 2.94. The van der Waals surface area contributed by atoms with Crippen LogP contribution in [0.15, 0.2) is 18.2 Å². The Hall–Kier alpha value is -2.04. The minimum absolute atomic E-state index is 0.0512. The lowest BCUT2D eigenvalue weighted by atomic mass is 10.1. The van der Waals surface area contributed by atoms with E-state index in [1.807, 2.05) is 13.8 Å². The quantitative estimate of drug-likeness (QED) is 0.685. The van der Waals surface area contributed by atoms with Crippen molar-refractivity contribution in [3.05, 3.63) is 29.3 Å². The molecule has 0 aliphatic heterocycles. The molecule has 0 aliphatic rings. The summed E-state index contributed by atoms with van der Waals surface area (Å²) in [6.45, 7) is 3.71. The Kier molecular flexibility index (Phi) is 5.36. The second-order valence-electron chi connectivity index (χ2n) is 4.73. The van der Waals surface area contributed by atoms with Crippen LogP contribution in [0.1, 0.15) is 42.1 Å². The molecule has 1 amide bonds. The molecular formula is C14H20N2O3. The molecule has 5 heteroatoms. The van der Waals surface area contributed by atoms with Crippen molar-refractivity contribution in [2.24, 2.45) is 0 Å². The molecule has 104 valence electrons. The van der Waals surface area contributed by atoms with Crippen LogP contribution in [-0.4, -0.2) is 23.0 Å². The van der Waals surface area contributed by atoms with Crippen LogP contribution in [0.5, 0.6) is 0 Å². The van der Waals surface area contributed by atoms with E-state index >= 15 is 0 Å². The number of nitrogens with one attached hydrogen (secondary N) is 1. The summed E-state index contributed by atoms with van der Waals surface area (Å²) in [4.78, 5) is 22.3. The van der Waals surface area contributed by atoms with Gasteiger partial charge in [0.05, 0.1) is 0 Å². The number of nitrogen functional groups attached to an aromatic ring is 1. The molecule has 0 bridgehead atoms. The Bertz CT molecular complexity index is 472. The average Bonchev–Trinajstić information content (AvgIpc) is 2.32. The van der Waals surface area contributed by atoms with E-state index in [0.717, 1.165) is 5.56 Å². The number of anilines is 1. The Morgan fingerprint density at radius 2 is 2.11 bits per heavy atom. The van der Waals surface area contributed by atoms with Crippen molar-refractivity contribution < 1.29 is 14.7 Å². The van der Waals surface area contributed by atoms with Crippen LogP contribution in [0.3, 0.4) is 0 Å². The van der Waals surface area contributed by atoms with Gasteiger partial charge >= 0.3 is 5.97 Å². The highest BCUT2D eigenvalue weighted by Gasteiger charge is 2.11. The maximum atomic E-state index is 11.9. The second-order valence-corrected chi connectivity index (χ2v) is 4.73. The zero-order valence-corrected chi connectivity index (χ0v) is 11.3. The Labute approximate surface area is 112 Å². The fourth-order valence-electron chi connectivity index (χ4n) is 1.76. The lowest BCUT2D eigenvalue weighted by Gasteiger charge is -2.13. The summed E-state index contributed by atoms with van der Waals surface area (Å²) >= 11 is 0. The molecule has 0 aliphatic carbocycles. The highest BCUT2D eigenvalue weighted by molar-refractivity contribution is 5.95. The van der Waals surface area contributed by atoms with Gasteiger partial charge in [0.15, 0.2) is 0 Å². The lowest BCUT2D eigenvalue weighted by Crippen LogP contribution is -2.32. The predicted molar refractivity (Wildman–Crippen MR) is 74.0 cm³/mol. The molecule has 0 radical (unpaired) electrons. The Morgan fingerprint density at radius 3 is 2.68 bits per heavy atom. The van der Waals surface area contributed by atoms with E-state index in [9.17, 15) is 9.59 Å². The molecule has 0 spiro atoms. The number of carboxylic acid groups (broad SMARTS) is 1. The summed E-state index contributed by atoms with van der Waals surface area (Å²) < 4.78 is 0. The average molecular weight is 264 g/mol. The molecule has 0 heterocycles. The number of carbonyl (C=O) groups is 2. The van der Waals surface area contributed by atoms with Gasteiger partial charge in [-0.2, -0.15) is 0 Å². The van der Waals surface area contributed by atoms with E-state index < -0.39 is 5.97 Å². The molecule has 1 atom stereocenters. The van der Waals surface area contributed by atoms with Gasteiger partial charge in [0, 0.05) is 23.7 Å². The number of nitrogens with two attached hydrogens (primary N) is 1. The van der Waals surface area contributed by atoms with Gasteiger partial charge in [0.25, 0.3) is 5.91 Å². The first-order valence-electron chi connectivity index (χ1n) is 6.29. The molecule has 4 N–H and O–H groups in total. The van der Waals surface area contributed by atoms with Crippen molar-refractivity contribution in [2.45, 2.75) is 39.2 Å².